The maximum absolute atomic E-state index is 12.6. The summed E-state index contributed by atoms with van der Waals surface area (Å²) in [5.41, 5.74) is 2.56. The summed E-state index contributed by atoms with van der Waals surface area (Å²) >= 11 is 0. The van der Waals surface area contributed by atoms with Gasteiger partial charge in [-0.2, -0.15) is 0 Å². The summed E-state index contributed by atoms with van der Waals surface area (Å²) < 4.78 is 5.74. The molecule has 1 unspecified atom stereocenters. The van der Waals surface area contributed by atoms with Gasteiger partial charge in [0.25, 0.3) is 0 Å². The van der Waals surface area contributed by atoms with Gasteiger partial charge in [0, 0.05) is 12.2 Å². The van der Waals surface area contributed by atoms with Crippen LogP contribution in [0.15, 0.2) is 97.1 Å². The van der Waals surface area contributed by atoms with E-state index in [0.717, 1.165) is 22.4 Å². The molecule has 174 valence electrons. The molecule has 0 saturated carbocycles. The van der Waals surface area contributed by atoms with Gasteiger partial charge in [-0.15, -0.1) is 0 Å². The second-order valence-corrected chi connectivity index (χ2v) is 8.21. The van der Waals surface area contributed by atoms with Crippen LogP contribution >= 0.6 is 0 Å². The van der Waals surface area contributed by atoms with Crippen LogP contribution in [-0.4, -0.2) is 18.4 Å². The molecular weight excluding hydrogens is 424 g/mol. The molecule has 0 saturated heterocycles. The molecule has 0 heterocycles. The van der Waals surface area contributed by atoms with E-state index < -0.39 is 6.17 Å². The van der Waals surface area contributed by atoms with E-state index in [2.05, 4.69) is 24.5 Å². The van der Waals surface area contributed by atoms with E-state index in [1.807, 2.05) is 84.9 Å². The highest BCUT2D eigenvalue weighted by atomic mass is 16.5. The van der Waals surface area contributed by atoms with E-state index in [9.17, 15) is 9.59 Å². The number of carbonyl (C=O) groups is 2. The van der Waals surface area contributed by atoms with E-state index in [1.54, 1.807) is 12.2 Å². The molecule has 3 rings (SSSR count). The highest BCUT2D eigenvalue weighted by Gasteiger charge is 2.15. The summed E-state index contributed by atoms with van der Waals surface area (Å²) in [5, 5.41) is 5.74. The minimum absolute atomic E-state index is 0.318. The number of hydrogen-bond donors (Lipinski definition) is 2. The maximum Gasteiger partial charge on any atom is 0.245 e. The van der Waals surface area contributed by atoms with Crippen molar-refractivity contribution in [2.24, 2.45) is 5.92 Å². The largest absolute Gasteiger partial charge is 0.493 e. The van der Waals surface area contributed by atoms with Crippen molar-refractivity contribution in [2.45, 2.75) is 20.0 Å². The van der Waals surface area contributed by atoms with E-state index in [4.69, 9.17) is 4.74 Å². The molecule has 5 nitrogen and oxygen atoms in total. The Labute approximate surface area is 201 Å². The summed E-state index contributed by atoms with van der Waals surface area (Å²) in [6.07, 6.45) is 5.65. The Bertz CT molecular complexity index is 1040. The van der Waals surface area contributed by atoms with Gasteiger partial charge in [0.05, 0.1) is 6.61 Å². The van der Waals surface area contributed by atoms with Gasteiger partial charge in [0.1, 0.15) is 11.9 Å². The monoisotopic (exact) mass is 454 g/mol. The molecule has 2 N–H and O–H groups in total. The van der Waals surface area contributed by atoms with Crippen LogP contribution in [0.25, 0.3) is 12.2 Å². The first-order valence-corrected chi connectivity index (χ1v) is 11.3. The van der Waals surface area contributed by atoms with Crippen LogP contribution in [0.1, 0.15) is 36.7 Å². The predicted octanol–water partition coefficient (Wildman–Crippen LogP) is 5.38. The standard InChI is InChI=1S/C29H30N2O3/c1-22(2)21-34-26-17-15-25(16-18-26)29(30-27(32)19-13-23-9-5-3-6-10-23)31-28(33)20-14-24-11-7-4-8-12-24/h3-20,22,29H,21H2,1-2H3,(H,30,32)(H,31,33)/b19-13-,20-14+. The molecule has 3 aromatic rings. The second kappa shape index (κ2) is 12.8. The zero-order valence-corrected chi connectivity index (χ0v) is 19.5. The molecule has 2 amide bonds. The summed E-state index contributed by atoms with van der Waals surface area (Å²) in [4.78, 5) is 25.2. The van der Waals surface area contributed by atoms with Crippen molar-refractivity contribution >= 4 is 24.0 Å². The lowest BCUT2D eigenvalue weighted by Crippen LogP contribution is -2.39. The van der Waals surface area contributed by atoms with Gasteiger partial charge in [0.15, 0.2) is 0 Å². The normalized spacial score (nSPS) is 12.1. The third-order valence-electron chi connectivity index (χ3n) is 4.82. The minimum atomic E-state index is -0.708. The lowest BCUT2D eigenvalue weighted by Gasteiger charge is -2.20. The average Bonchev–Trinajstić information content (AvgIpc) is 2.86. The molecule has 3 aromatic carbocycles. The van der Waals surface area contributed by atoms with E-state index >= 15 is 0 Å². The zero-order valence-electron chi connectivity index (χ0n) is 19.5. The van der Waals surface area contributed by atoms with Crippen LogP contribution < -0.4 is 15.4 Å². The molecule has 0 fully saturated rings. The number of nitrogens with one attached hydrogen (secondary N) is 2. The number of carbonyl (C=O) groups excluding carboxylic acids is 2. The molecular formula is C29H30N2O3. The fourth-order valence-electron chi connectivity index (χ4n) is 3.08. The second-order valence-electron chi connectivity index (χ2n) is 8.21. The van der Waals surface area contributed by atoms with Crippen LogP contribution in [0.4, 0.5) is 0 Å². The van der Waals surface area contributed by atoms with Crippen LogP contribution in [0.2, 0.25) is 0 Å². The van der Waals surface area contributed by atoms with E-state index in [0.29, 0.717) is 12.5 Å². The third-order valence-corrected chi connectivity index (χ3v) is 4.82. The molecule has 0 aliphatic rings. The zero-order chi connectivity index (χ0) is 24.2. The SMILES string of the molecule is CC(C)COc1ccc(C(NC(=O)/C=C\c2ccccc2)NC(=O)/C=C/c2ccccc2)cc1. The third kappa shape index (κ3) is 8.43. The van der Waals surface area contributed by atoms with Crippen molar-refractivity contribution in [3.63, 3.8) is 0 Å². The summed E-state index contributed by atoms with van der Waals surface area (Å²) in [6.45, 7) is 4.79. The molecule has 5 heteroatoms. The van der Waals surface area contributed by atoms with Crippen molar-refractivity contribution in [1.82, 2.24) is 10.6 Å². The van der Waals surface area contributed by atoms with E-state index in [1.165, 1.54) is 12.2 Å². The number of ether oxygens (including phenoxy) is 1. The van der Waals surface area contributed by atoms with Gasteiger partial charge in [-0.05, 0) is 46.9 Å². The van der Waals surface area contributed by atoms with Crippen molar-refractivity contribution in [1.29, 1.82) is 0 Å². The molecule has 0 aliphatic heterocycles. The topological polar surface area (TPSA) is 67.4 Å². The highest BCUT2D eigenvalue weighted by Crippen LogP contribution is 2.18. The van der Waals surface area contributed by atoms with Crippen molar-refractivity contribution in [3.05, 3.63) is 114 Å². The lowest BCUT2D eigenvalue weighted by molar-refractivity contribution is -0.119. The molecule has 0 aliphatic carbocycles. The highest BCUT2D eigenvalue weighted by molar-refractivity contribution is 5.94. The first-order valence-electron chi connectivity index (χ1n) is 11.3. The van der Waals surface area contributed by atoms with Crippen LogP contribution in [0.5, 0.6) is 5.75 Å². The summed E-state index contributed by atoms with van der Waals surface area (Å²) in [7, 11) is 0. The maximum atomic E-state index is 12.6. The lowest BCUT2D eigenvalue weighted by atomic mass is 10.1. The summed E-state index contributed by atoms with van der Waals surface area (Å²) in [6, 6.07) is 26.4. The van der Waals surface area contributed by atoms with Crippen molar-refractivity contribution in [3.8, 4) is 5.75 Å². The summed E-state index contributed by atoms with van der Waals surface area (Å²) in [5.74, 6) is 0.517. The number of benzene rings is 3. The van der Waals surface area contributed by atoms with Gasteiger partial charge < -0.3 is 15.4 Å². The Balaban J connectivity index is 1.72. The average molecular weight is 455 g/mol. The smallest absolute Gasteiger partial charge is 0.245 e. The van der Waals surface area contributed by atoms with Gasteiger partial charge in [-0.3, -0.25) is 9.59 Å². The predicted molar refractivity (Wildman–Crippen MR) is 137 cm³/mol. The van der Waals surface area contributed by atoms with Crippen LogP contribution in [0, 0.1) is 5.92 Å². The Hall–Kier alpha value is -4.12. The number of rotatable bonds is 10. The van der Waals surface area contributed by atoms with Crippen molar-refractivity contribution in [2.75, 3.05) is 6.61 Å². The fourth-order valence-corrected chi connectivity index (χ4v) is 3.08. The first-order chi connectivity index (χ1) is 16.5. The van der Waals surface area contributed by atoms with Crippen molar-refractivity contribution < 1.29 is 14.3 Å². The van der Waals surface area contributed by atoms with Gasteiger partial charge in [-0.25, -0.2) is 0 Å². The number of amides is 2. The Morgan fingerprint density at radius 1 is 0.735 bits per heavy atom. The fraction of sp³-hybridized carbons (Fsp3) is 0.172. The quantitative estimate of drug-likeness (QED) is 0.319. The molecule has 1 atom stereocenters. The van der Waals surface area contributed by atoms with E-state index in [-0.39, 0.29) is 11.8 Å². The Kier molecular flexibility index (Phi) is 9.23. The molecule has 0 spiro atoms. The first kappa shape index (κ1) is 24.5. The molecule has 0 bridgehead atoms. The molecule has 0 aromatic heterocycles. The Morgan fingerprint density at radius 3 is 1.65 bits per heavy atom. The molecule has 0 radical (unpaired) electrons. The number of hydrogen-bond acceptors (Lipinski definition) is 3. The Morgan fingerprint density at radius 2 is 1.21 bits per heavy atom. The van der Waals surface area contributed by atoms with Gasteiger partial charge in [-0.1, -0.05) is 86.6 Å². The van der Waals surface area contributed by atoms with Gasteiger partial charge >= 0.3 is 0 Å². The van der Waals surface area contributed by atoms with Crippen LogP contribution in [0.3, 0.4) is 0 Å². The van der Waals surface area contributed by atoms with Gasteiger partial charge in [0.2, 0.25) is 11.8 Å². The molecule has 34 heavy (non-hydrogen) atoms. The van der Waals surface area contributed by atoms with Crippen LogP contribution in [-0.2, 0) is 9.59 Å². The minimum Gasteiger partial charge on any atom is -0.493 e.